The molecule has 5 heteroatoms. The van der Waals surface area contributed by atoms with Crippen molar-refractivity contribution in [2.24, 2.45) is 0 Å². The van der Waals surface area contributed by atoms with Gasteiger partial charge in [0, 0.05) is 19.0 Å². The predicted octanol–water partition coefficient (Wildman–Crippen LogP) is 1.97. The molecule has 1 aliphatic heterocycles. The minimum Gasteiger partial charge on any atom is -0.483 e. The minimum absolute atomic E-state index is 0.00584. The molecule has 2 N–H and O–H groups in total. The molecule has 0 radical (unpaired) electrons. The molecule has 2 amide bonds. The summed E-state index contributed by atoms with van der Waals surface area (Å²) in [4.78, 5) is 22.9. The van der Waals surface area contributed by atoms with Crippen molar-refractivity contribution in [1.29, 1.82) is 0 Å². The van der Waals surface area contributed by atoms with E-state index >= 15 is 0 Å². The lowest BCUT2D eigenvalue weighted by Crippen LogP contribution is -2.40. The Morgan fingerprint density at radius 2 is 2.23 bits per heavy atom. The quantitative estimate of drug-likeness (QED) is 0.809. The molecule has 1 aromatic rings. The van der Waals surface area contributed by atoms with Crippen LogP contribution >= 0.6 is 0 Å². The Hall–Kier alpha value is -2.04. The lowest BCUT2D eigenvalue weighted by Gasteiger charge is -2.16. The number of benzene rings is 1. The number of rotatable bonds is 7. The van der Waals surface area contributed by atoms with Crippen LogP contribution < -0.4 is 15.4 Å². The molecule has 1 saturated heterocycles. The molecule has 22 heavy (non-hydrogen) atoms. The van der Waals surface area contributed by atoms with E-state index in [1.807, 2.05) is 24.3 Å². The van der Waals surface area contributed by atoms with Crippen LogP contribution in [0.1, 0.15) is 44.6 Å². The van der Waals surface area contributed by atoms with Gasteiger partial charge >= 0.3 is 0 Å². The Morgan fingerprint density at radius 3 is 2.91 bits per heavy atom. The van der Waals surface area contributed by atoms with Crippen LogP contribution in [0.2, 0.25) is 0 Å². The van der Waals surface area contributed by atoms with E-state index in [-0.39, 0.29) is 24.5 Å². The van der Waals surface area contributed by atoms with Gasteiger partial charge in [0.25, 0.3) is 5.91 Å². The molecule has 2 atom stereocenters. The van der Waals surface area contributed by atoms with Gasteiger partial charge in [0.15, 0.2) is 6.61 Å². The molecule has 1 heterocycles. The fourth-order valence-electron chi connectivity index (χ4n) is 2.50. The number of nitrogens with one attached hydrogen (secondary N) is 2. The second-order valence-corrected chi connectivity index (χ2v) is 5.74. The van der Waals surface area contributed by atoms with Crippen LogP contribution in [0.5, 0.6) is 5.75 Å². The molecular formula is C17H24N2O3. The van der Waals surface area contributed by atoms with Gasteiger partial charge in [0.2, 0.25) is 5.91 Å². The predicted molar refractivity (Wildman–Crippen MR) is 84.8 cm³/mol. The summed E-state index contributed by atoms with van der Waals surface area (Å²) in [6.45, 7) is 4.73. The first-order valence-corrected chi connectivity index (χ1v) is 7.88. The number of amides is 2. The normalized spacial score (nSPS) is 18.6. The van der Waals surface area contributed by atoms with Crippen molar-refractivity contribution in [2.45, 2.75) is 45.1 Å². The van der Waals surface area contributed by atoms with E-state index in [1.54, 1.807) is 0 Å². The second-order valence-electron chi connectivity index (χ2n) is 5.74. The van der Waals surface area contributed by atoms with E-state index in [4.69, 9.17) is 4.74 Å². The van der Waals surface area contributed by atoms with Crippen molar-refractivity contribution in [3.8, 4) is 5.75 Å². The standard InChI is InChI=1S/C17H24N2O3/c1-3-12(2)14-6-4-5-7-15(14)22-11-17(21)18-10-13-8-9-16(20)19-13/h4-7,12-13H,3,8-11H2,1-2H3,(H,18,21)(H,19,20)/t12-,13+/m0/s1. The average Bonchev–Trinajstić information content (AvgIpc) is 2.96. The maximum absolute atomic E-state index is 11.9. The number of ether oxygens (including phenoxy) is 1. The zero-order valence-corrected chi connectivity index (χ0v) is 13.2. The molecule has 120 valence electrons. The minimum atomic E-state index is -0.167. The molecule has 0 saturated carbocycles. The highest BCUT2D eigenvalue weighted by molar-refractivity contribution is 5.79. The van der Waals surface area contributed by atoms with Crippen LogP contribution in [0.25, 0.3) is 0 Å². The fourth-order valence-corrected chi connectivity index (χ4v) is 2.50. The van der Waals surface area contributed by atoms with E-state index < -0.39 is 0 Å². The molecule has 5 nitrogen and oxygen atoms in total. The molecule has 0 aromatic heterocycles. The highest BCUT2D eigenvalue weighted by Crippen LogP contribution is 2.28. The summed E-state index contributed by atoms with van der Waals surface area (Å²) in [5.41, 5.74) is 1.13. The smallest absolute Gasteiger partial charge is 0.258 e. The summed E-state index contributed by atoms with van der Waals surface area (Å²) in [6.07, 6.45) is 2.34. The Labute approximate surface area is 131 Å². The van der Waals surface area contributed by atoms with Crippen molar-refractivity contribution in [2.75, 3.05) is 13.2 Å². The molecule has 0 aliphatic carbocycles. The molecular weight excluding hydrogens is 280 g/mol. The zero-order valence-electron chi connectivity index (χ0n) is 13.2. The molecule has 0 unspecified atom stereocenters. The van der Waals surface area contributed by atoms with Crippen molar-refractivity contribution >= 4 is 11.8 Å². The van der Waals surface area contributed by atoms with Crippen LogP contribution in [0.15, 0.2) is 24.3 Å². The number of hydrogen-bond donors (Lipinski definition) is 2. The molecule has 0 bridgehead atoms. The van der Waals surface area contributed by atoms with E-state index in [0.717, 1.165) is 24.2 Å². The van der Waals surface area contributed by atoms with Crippen molar-refractivity contribution in [3.05, 3.63) is 29.8 Å². The Balaban J connectivity index is 1.80. The fraction of sp³-hybridized carbons (Fsp3) is 0.529. The van der Waals surface area contributed by atoms with Gasteiger partial charge in [0.1, 0.15) is 5.75 Å². The summed E-state index contributed by atoms with van der Waals surface area (Å²) in [5, 5.41) is 5.62. The zero-order chi connectivity index (χ0) is 15.9. The topological polar surface area (TPSA) is 67.4 Å². The Morgan fingerprint density at radius 1 is 1.45 bits per heavy atom. The van der Waals surface area contributed by atoms with Crippen LogP contribution in [-0.4, -0.2) is 31.0 Å². The van der Waals surface area contributed by atoms with Crippen LogP contribution in [0, 0.1) is 0 Å². The summed E-state index contributed by atoms with van der Waals surface area (Å²) >= 11 is 0. The molecule has 2 rings (SSSR count). The molecule has 1 fully saturated rings. The summed E-state index contributed by atoms with van der Waals surface area (Å²) in [7, 11) is 0. The maximum Gasteiger partial charge on any atom is 0.258 e. The number of hydrogen-bond acceptors (Lipinski definition) is 3. The number of para-hydroxylation sites is 1. The van der Waals surface area contributed by atoms with E-state index in [2.05, 4.69) is 24.5 Å². The Bertz CT molecular complexity index is 530. The summed E-state index contributed by atoms with van der Waals surface area (Å²) < 4.78 is 5.66. The first-order chi connectivity index (χ1) is 10.6. The first-order valence-electron chi connectivity index (χ1n) is 7.88. The average molecular weight is 304 g/mol. The lowest BCUT2D eigenvalue weighted by molar-refractivity contribution is -0.123. The van der Waals surface area contributed by atoms with Gasteiger partial charge in [-0.1, -0.05) is 32.0 Å². The monoisotopic (exact) mass is 304 g/mol. The lowest BCUT2D eigenvalue weighted by atomic mass is 9.98. The highest BCUT2D eigenvalue weighted by Gasteiger charge is 2.21. The van der Waals surface area contributed by atoms with Gasteiger partial charge in [-0.15, -0.1) is 0 Å². The number of carbonyl (C=O) groups is 2. The van der Waals surface area contributed by atoms with E-state index in [0.29, 0.717) is 18.9 Å². The highest BCUT2D eigenvalue weighted by atomic mass is 16.5. The van der Waals surface area contributed by atoms with Gasteiger partial charge in [-0.2, -0.15) is 0 Å². The van der Waals surface area contributed by atoms with Crippen LogP contribution in [0.3, 0.4) is 0 Å². The second kappa shape index (κ2) is 7.82. The maximum atomic E-state index is 11.9. The van der Waals surface area contributed by atoms with Gasteiger partial charge in [-0.3, -0.25) is 9.59 Å². The third-order valence-electron chi connectivity index (χ3n) is 4.05. The molecule has 0 spiro atoms. The first kappa shape index (κ1) is 16.3. The SMILES string of the molecule is CC[C@H](C)c1ccccc1OCC(=O)NC[C@H]1CCC(=O)N1. The largest absolute Gasteiger partial charge is 0.483 e. The van der Waals surface area contributed by atoms with Crippen LogP contribution in [-0.2, 0) is 9.59 Å². The van der Waals surface area contributed by atoms with Crippen molar-refractivity contribution < 1.29 is 14.3 Å². The Kier molecular flexibility index (Phi) is 5.81. The van der Waals surface area contributed by atoms with Gasteiger partial charge in [0.05, 0.1) is 0 Å². The summed E-state index contributed by atoms with van der Waals surface area (Å²) in [6, 6.07) is 7.87. The third-order valence-corrected chi connectivity index (χ3v) is 4.05. The number of carbonyl (C=O) groups excluding carboxylic acids is 2. The van der Waals surface area contributed by atoms with E-state index in [1.165, 1.54) is 0 Å². The van der Waals surface area contributed by atoms with Gasteiger partial charge in [-0.25, -0.2) is 0 Å². The molecule has 1 aliphatic rings. The molecule has 1 aromatic carbocycles. The van der Waals surface area contributed by atoms with Gasteiger partial charge in [-0.05, 0) is 30.4 Å². The van der Waals surface area contributed by atoms with Gasteiger partial charge < -0.3 is 15.4 Å². The summed E-state index contributed by atoms with van der Waals surface area (Å²) in [5.74, 6) is 1.05. The third kappa shape index (κ3) is 4.48. The van der Waals surface area contributed by atoms with E-state index in [9.17, 15) is 9.59 Å². The van der Waals surface area contributed by atoms with Crippen molar-refractivity contribution in [3.63, 3.8) is 0 Å². The van der Waals surface area contributed by atoms with Crippen LogP contribution in [0.4, 0.5) is 0 Å². The van der Waals surface area contributed by atoms with Crippen molar-refractivity contribution in [1.82, 2.24) is 10.6 Å².